The number of rotatable bonds is 7. The van der Waals surface area contributed by atoms with E-state index >= 15 is 0 Å². The van der Waals surface area contributed by atoms with Crippen molar-refractivity contribution in [3.8, 4) is 12.3 Å². The Labute approximate surface area is 185 Å². The smallest absolute Gasteiger partial charge is 0.335 e. The summed E-state index contributed by atoms with van der Waals surface area (Å²) in [6.45, 7) is 12.6. The van der Waals surface area contributed by atoms with E-state index < -0.39 is 27.6 Å². The third kappa shape index (κ3) is 5.84. The molecule has 5 nitrogen and oxygen atoms in total. The second-order valence-electron chi connectivity index (χ2n) is 8.35. The highest BCUT2D eigenvalue weighted by Crippen LogP contribution is 2.35. The van der Waals surface area contributed by atoms with Crippen molar-refractivity contribution in [3.05, 3.63) is 77.4 Å². The van der Waals surface area contributed by atoms with Gasteiger partial charge < -0.3 is 4.74 Å². The van der Waals surface area contributed by atoms with Crippen LogP contribution in [-0.2, 0) is 19.6 Å². The second-order valence-corrected chi connectivity index (χ2v) is 10.2. The molecule has 0 spiro atoms. The fourth-order valence-corrected chi connectivity index (χ4v) is 4.63. The Morgan fingerprint density at radius 1 is 1.13 bits per heavy atom. The molecule has 0 N–H and O–H groups in total. The molecule has 2 aromatic rings. The predicted molar refractivity (Wildman–Crippen MR) is 123 cm³/mol. The molecule has 0 aromatic heterocycles. The molecule has 0 unspecified atom stereocenters. The molecule has 31 heavy (non-hydrogen) atoms. The number of esters is 1. The molecule has 2 aromatic carbocycles. The molecular weight excluding hydrogens is 410 g/mol. The second kappa shape index (κ2) is 9.51. The van der Waals surface area contributed by atoms with Gasteiger partial charge in [-0.2, -0.15) is 4.31 Å². The summed E-state index contributed by atoms with van der Waals surface area (Å²) in [6, 6.07) is 12.7. The number of aryl methyl sites for hydroxylation is 2. The van der Waals surface area contributed by atoms with E-state index in [9.17, 15) is 13.2 Å². The van der Waals surface area contributed by atoms with E-state index in [1.807, 2.05) is 26.0 Å². The van der Waals surface area contributed by atoms with Crippen LogP contribution in [0.3, 0.4) is 0 Å². The van der Waals surface area contributed by atoms with Crippen LogP contribution in [0.4, 0.5) is 0 Å². The minimum atomic E-state index is -4.04. The zero-order valence-electron chi connectivity index (χ0n) is 18.7. The number of hydrogen-bond donors (Lipinski definition) is 0. The van der Waals surface area contributed by atoms with Gasteiger partial charge in [0.25, 0.3) is 0 Å². The van der Waals surface area contributed by atoms with Crippen molar-refractivity contribution in [3.63, 3.8) is 0 Å². The van der Waals surface area contributed by atoms with E-state index in [0.717, 1.165) is 15.4 Å². The van der Waals surface area contributed by atoms with Crippen molar-refractivity contribution in [2.24, 2.45) is 0 Å². The van der Waals surface area contributed by atoms with Gasteiger partial charge in [0.05, 0.1) is 23.1 Å². The summed E-state index contributed by atoms with van der Waals surface area (Å²) in [5, 5.41) is 0. The van der Waals surface area contributed by atoms with Crippen molar-refractivity contribution in [2.75, 3.05) is 6.54 Å². The Bertz CT molecular complexity index is 1100. The normalized spacial score (nSPS) is 12.8. The summed E-state index contributed by atoms with van der Waals surface area (Å²) in [4.78, 5) is 13.0. The minimum absolute atomic E-state index is 0.00448. The van der Waals surface area contributed by atoms with Crippen LogP contribution in [0.25, 0.3) is 0 Å². The highest BCUT2D eigenvalue weighted by atomic mass is 32.2. The molecule has 164 valence electrons. The van der Waals surface area contributed by atoms with Gasteiger partial charge in [-0.1, -0.05) is 54.5 Å². The fraction of sp³-hybridized carbons (Fsp3) is 0.320. The highest BCUT2D eigenvalue weighted by Gasteiger charge is 2.37. The summed E-state index contributed by atoms with van der Waals surface area (Å²) in [7, 11) is -4.04. The van der Waals surface area contributed by atoms with Crippen LogP contribution in [0.1, 0.15) is 43.5 Å². The maximum absolute atomic E-state index is 13.6. The van der Waals surface area contributed by atoms with E-state index in [-0.39, 0.29) is 17.0 Å². The number of hydrogen-bond acceptors (Lipinski definition) is 4. The summed E-state index contributed by atoms with van der Waals surface area (Å²) in [5.74, 6) is 1.74. The molecule has 0 bridgehead atoms. The maximum atomic E-state index is 13.6. The SMILES string of the molecule is C#CCN([C@H](C(=C)C(=O)OC(C)(C)C)c1ccccc1C)S(=O)(=O)c1ccc(C)cc1. The van der Waals surface area contributed by atoms with Crippen LogP contribution < -0.4 is 0 Å². The van der Waals surface area contributed by atoms with Gasteiger partial charge in [0.2, 0.25) is 10.0 Å². The first-order valence-corrected chi connectivity index (χ1v) is 11.3. The first kappa shape index (κ1) is 24.4. The number of sulfonamides is 1. The first-order valence-electron chi connectivity index (χ1n) is 9.88. The summed E-state index contributed by atoms with van der Waals surface area (Å²) in [6.07, 6.45) is 5.56. The molecule has 0 fully saturated rings. The van der Waals surface area contributed by atoms with Crippen LogP contribution in [-0.4, -0.2) is 30.8 Å². The van der Waals surface area contributed by atoms with Gasteiger partial charge in [-0.05, 0) is 57.9 Å². The molecule has 0 saturated carbocycles. The van der Waals surface area contributed by atoms with Crippen LogP contribution in [0.15, 0.2) is 65.6 Å². The van der Waals surface area contributed by atoms with Gasteiger partial charge in [-0.3, -0.25) is 0 Å². The zero-order valence-corrected chi connectivity index (χ0v) is 19.5. The predicted octanol–water partition coefficient (Wildman–Crippen LogP) is 4.57. The van der Waals surface area contributed by atoms with Crippen molar-refractivity contribution < 1.29 is 17.9 Å². The maximum Gasteiger partial charge on any atom is 0.335 e. The van der Waals surface area contributed by atoms with Gasteiger partial charge in [0, 0.05) is 0 Å². The Kier molecular flexibility index (Phi) is 7.48. The number of benzene rings is 2. The molecule has 0 aliphatic rings. The molecule has 0 saturated heterocycles. The van der Waals surface area contributed by atoms with Crippen molar-refractivity contribution in [1.82, 2.24) is 4.31 Å². The average Bonchev–Trinajstić information content (AvgIpc) is 2.67. The molecule has 0 aliphatic carbocycles. The summed E-state index contributed by atoms with van der Waals surface area (Å²) in [5.41, 5.74) is 1.58. The van der Waals surface area contributed by atoms with E-state index in [1.54, 1.807) is 45.0 Å². The lowest BCUT2D eigenvalue weighted by Crippen LogP contribution is -2.39. The van der Waals surface area contributed by atoms with Gasteiger partial charge >= 0.3 is 5.97 Å². The monoisotopic (exact) mass is 439 g/mol. The summed E-state index contributed by atoms with van der Waals surface area (Å²) < 4.78 is 33.8. The lowest BCUT2D eigenvalue weighted by atomic mass is 9.95. The average molecular weight is 440 g/mol. The van der Waals surface area contributed by atoms with Crippen molar-refractivity contribution in [1.29, 1.82) is 0 Å². The standard InChI is InChI=1S/C25H29NO4S/c1-8-17-26(31(28,29)21-15-13-18(2)14-16-21)23(22-12-10-9-11-19(22)3)20(4)24(27)30-25(5,6)7/h1,9-16,23H,4,17H2,2-3,5-7H3/t23-/m1/s1. The molecule has 0 radical (unpaired) electrons. The van der Waals surface area contributed by atoms with E-state index in [4.69, 9.17) is 11.2 Å². The van der Waals surface area contributed by atoms with Crippen LogP contribution in [0, 0.1) is 26.2 Å². The number of ether oxygens (including phenoxy) is 1. The van der Waals surface area contributed by atoms with E-state index in [1.165, 1.54) is 12.1 Å². The minimum Gasteiger partial charge on any atom is -0.457 e. The van der Waals surface area contributed by atoms with Crippen LogP contribution in [0.2, 0.25) is 0 Å². The molecule has 1 atom stereocenters. The number of carbonyl (C=O) groups is 1. The van der Waals surface area contributed by atoms with E-state index in [0.29, 0.717) is 5.56 Å². The largest absolute Gasteiger partial charge is 0.457 e. The fourth-order valence-electron chi connectivity index (χ4n) is 3.12. The Morgan fingerprint density at radius 2 is 1.71 bits per heavy atom. The molecule has 6 heteroatoms. The quantitative estimate of drug-likeness (QED) is 0.360. The molecule has 0 heterocycles. The van der Waals surface area contributed by atoms with Crippen LogP contribution in [0.5, 0.6) is 0 Å². The molecular formula is C25H29NO4S. The van der Waals surface area contributed by atoms with Gasteiger partial charge in [-0.15, -0.1) is 6.42 Å². The third-order valence-electron chi connectivity index (χ3n) is 4.64. The van der Waals surface area contributed by atoms with Gasteiger partial charge in [-0.25, -0.2) is 13.2 Å². The Hall–Kier alpha value is -2.88. The Morgan fingerprint density at radius 3 is 2.23 bits per heavy atom. The molecule has 0 aliphatic heterocycles. The van der Waals surface area contributed by atoms with Gasteiger partial charge in [0.1, 0.15) is 5.60 Å². The van der Waals surface area contributed by atoms with Gasteiger partial charge in [0.15, 0.2) is 0 Å². The topological polar surface area (TPSA) is 63.7 Å². The first-order chi connectivity index (χ1) is 14.4. The molecule has 2 rings (SSSR count). The zero-order chi connectivity index (χ0) is 23.4. The lowest BCUT2D eigenvalue weighted by molar-refractivity contribution is -0.150. The number of terminal acetylenes is 1. The van der Waals surface area contributed by atoms with Crippen LogP contribution >= 0.6 is 0 Å². The Balaban J connectivity index is 2.67. The van der Waals surface area contributed by atoms with E-state index in [2.05, 4.69) is 12.5 Å². The third-order valence-corrected chi connectivity index (χ3v) is 6.46. The summed E-state index contributed by atoms with van der Waals surface area (Å²) >= 11 is 0. The number of nitrogens with zero attached hydrogens (tertiary/aromatic N) is 1. The number of carbonyl (C=O) groups excluding carboxylic acids is 1. The lowest BCUT2D eigenvalue weighted by Gasteiger charge is -2.32. The highest BCUT2D eigenvalue weighted by molar-refractivity contribution is 7.89. The molecule has 0 amide bonds. The van der Waals surface area contributed by atoms with Crippen molar-refractivity contribution >= 4 is 16.0 Å². The van der Waals surface area contributed by atoms with Crippen molar-refractivity contribution in [2.45, 2.75) is 51.2 Å².